The van der Waals surface area contributed by atoms with E-state index < -0.39 is 0 Å². The van der Waals surface area contributed by atoms with Gasteiger partial charge in [-0.3, -0.25) is 0 Å². The molecule has 1 aromatic rings. The Labute approximate surface area is 117 Å². The maximum atomic E-state index is 5.28. The van der Waals surface area contributed by atoms with Crippen LogP contribution in [0.1, 0.15) is 46.2 Å². The van der Waals surface area contributed by atoms with E-state index in [0.717, 1.165) is 18.2 Å². The van der Waals surface area contributed by atoms with Gasteiger partial charge in [-0.05, 0) is 47.9 Å². The second-order valence-electron chi connectivity index (χ2n) is 6.90. The molecular weight excluding hydrogens is 234 g/mol. The van der Waals surface area contributed by atoms with Gasteiger partial charge >= 0.3 is 0 Å². The summed E-state index contributed by atoms with van der Waals surface area (Å²) in [5, 5.41) is 3.67. The average Bonchev–Trinajstić information content (AvgIpc) is 2.77. The zero-order valence-corrected chi connectivity index (χ0v) is 13.1. The van der Waals surface area contributed by atoms with E-state index in [-0.39, 0.29) is 0 Å². The summed E-state index contributed by atoms with van der Waals surface area (Å²) in [4.78, 5) is 0. The van der Waals surface area contributed by atoms with Gasteiger partial charge in [-0.1, -0.05) is 39.8 Å². The van der Waals surface area contributed by atoms with Gasteiger partial charge in [-0.2, -0.15) is 0 Å². The smallest absolute Gasteiger partial charge is 0.119 e. The molecule has 0 aromatic heterocycles. The molecule has 1 atom stereocenters. The standard InChI is InChI=1S/C17H27NO/c1-12(13-8-7-9-14(10-13)19-6)18-11-15-16(2,3)17(15,4)5/h7-10,12,15,18H,11H2,1-6H3. The van der Waals surface area contributed by atoms with Gasteiger partial charge in [-0.15, -0.1) is 0 Å². The molecule has 1 N–H and O–H groups in total. The van der Waals surface area contributed by atoms with Crippen molar-refractivity contribution < 1.29 is 4.74 Å². The lowest BCUT2D eigenvalue weighted by molar-refractivity contribution is 0.412. The summed E-state index contributed by atoms with van der Waals surface area (Å²) in [6.07, 6.45) is 0. The van der Waals surface area contributed by atoms with E-state index in [4.69, 9.17) is 4.74 Å². The summed E-state index contributed by atoms with van der Waals surface area (Å²) < 4.78 is 5.28. The Hall–Kier alpha value is -1.02. The minimum atomic E-state index is 0.363. The van der Waals surface area contributed by atoms with Crippen LogP contribution in [0.15, 0.2) is 24.3 Å². The van der Waals surface area contributed by atoms with E-state index in [1.807, 2.05) is 6.07 Å². The van der Waals surface area contributed by atoms with E-state index in [2.05, 4.69) is 58.1 Å². The van der Waals surface area contributed by atoms with Gasteiger partial charge in [-0.25, -0.2) is 0 Å². The van der Waals surface area contributed by atoms with Crippen LogP contribution in [0.2, 0.25) is 0 Å². The molecule has 0 radical (unpaired) electrons. The molecular formula is C17H27NO. The molecule has 1 aliphatic rings. The first-order valence-corrected chi connectivity index (χ1v) is 7.18. The Balaban J connectivity index is 1.93. The molecule has 1 aliphatic carbocycles. The van der Waals surface area contributed by atoms with Gasteiger partial charge in [0.1, 0.15) is 5.75 Å². The molecule has 0 saturated heterocycles. The lowest BCUT2D eigenvalue weighted by Crippen LogP contribution is -2.23. The van der Waals surface area contributed by atoms with Crippen molar-refractivity contribution in [2.75, 3.05) is 13.7 Å². The summed E-state index contributed by atoms with van der Waals surface area (Å²) in [6, 6.07) is 8.67. The van der Waals surface area contributed by atoms with Crippen molar-refractivity contribution in [2.45, 2.75) is 40.7 Å². The molecule has 0 amide bonds. The number of ether oxygens (including phenoxy) is 1. The van der Waals surface area contributed by atoms with Crippen LogP contribution in [-0.2, 0) is 0 Å². The minimum absolute atomic E-state index is 0.363. The zero-order chi connectivity index (χ0) is 14.3. The molecule has 1 fully saturated rings. The quantitative estimate of drug-likeness (QED) is 0.864. The van der Waals surface area contributed by atoms with E-state index >= 15 is 0 Å². The number of benzene rings is 1. The fraction of sp³-hybridized carbons (Fsp3) is 0.647. The second-order valence-corrected chi connectivity index (χ2v) is 6.90. The Morgan fingerprint density at radius 2 is 1.84 bits per heavy atom. The lowest BCUT2D eigenvalue weighted by atomic mass is 10.0. The highest BCUT2D eigenvalue weighted by Crippen LogP contribution is 2.68. The number of rotatable bonds is 5. The first-order chi connectivity index (χ1) is 8.80. The van der Waals surface area contributed by atoms with Gasteiger partial charge in [0.25, 0.3) is 0 Å². The summed E-state index contributed by atoms with van der Waals surface area (Å²) in [5.74, 6) is 1.69. The van der Waals surface area contributed by atoms with Crippen LogP contribution in [0.25, 0.3) is 0 Å². The Morgan fingerprint density at radius 3 is 2.37 bits per heavy atom. The summed E-state index contributed by atoms with van der Waals surface area (Å²) in [5.41, 5.74) is 2.19. The summed E-state index contributed by atoms with van der Waals surface area (Å²) in [6.45, 7) is 12.8. The maximum absolute atomic E-state index is 5.28. The molecule has 106 valence electrons. The third-order valence-corrected chi connectivity index (χ3v) is 5.54. The normalized spacial score (nSPS) is 22.0. The van der Waals surface area contributed by atoms with Crippen molar-refractivity contribution >= 4 is 0 Å². The highest BCUT2D eigenvalue weighted by Gasteiger charge is 2.63. The third-order valence-electron chi connectivity index (χ3n) is 5.54. The predicted molar refractivity (Wildman–Crippen MR) is 80.5 cm³/mol. The number of hydrogen-bond acceptors (Lipinski definition) is 2. The maximum Gasteiger partial charge on any atom is 0.119 e. The molecule has 0 heterocycles. The SMILES string of the molecule is COc1cccc(C(C)NCC2C(C)(C)C2(C)C)c1. The molecule has 2 nitrogen and oxygen atoms in total. The highest BCUT2D eigenvalue weighted by molar-refractivity contribution is 5.30. The van der Waals surface area contributed by atoms with Crippen molar-refractivity contribution in [1.29, 1.82) is 0 Å². The van der Waals surface area contributed by atoms with Crippen molar-refractivity contribution in [3.8, 4) is 5.75 Å². The Kier molecular flexibility index (Phi) is 3.65. The van der Waals surface area contributed by atoms with Gasteiger partial charge < -0.3 is 10.1 Å². The van der Waals surface area contributed by atoms with Crippen LogP contribution in [-0.4, -0.2) is 13.7 Å². The topological polar surface area (TPSA) is 21.3 Å². The Bertz CT molecular complexity index is 436. The van der Waals surface area contributed by atoms with Gasteiger partial charge in [0.2, 0.25) is 0 Å². The van der Waals surface area contributed by atoms with Crippen LogP contribution >= 0.6 is 0 Å². The molecule has 2 heteroatoms. The van der Waals surface area contributed by atoms with Crippen LogP contribution in [0.5, 0.6) is 5.75 Å². The van der Waals surface area contributed by atoms with Gasteiger partial charge in [0, 0.05) is 6.04 Å². The molecule has 2 rings (SSSR count). The van der Waals surface area contributed by atoms with Crippen molar-refractivity contribution in [1.82, 2.24) is 5.32 Å². The number of nitrogens with one attached hydrogen (secondary N) is 1. The first-order valence-electron chi connectivity index (χ1n) is 7.18. The van der Waals surface area contributed by atoms with Crippen molar-refractivity contribution in [3.05, 3.63) is 29.8 Å². The fourth-order valence-electron chi connectivity index (χ4n) is 3.17. The molecule has 1 aromatic carbocycles. The largest absolute Gasteiger partial charge is 0.497 e. The average molecular weight is 261 g/mol. The minimum Gasteiger partial charge on any atom is -0.497 e. The van der Waals surface area contributed by atoms with E-state index in [9.17, 15) is 0 Å². The molecule has 1 unspecified atom stereocenters. The number of hydrogen-bond donors (Lipinski definition) is 1. The van der Waals surface area contributed by atoms with Crippen molar-refractivity contribution in [3.63, 3.8) is 0 Å². The van der Waals surface area contributed by atoms with Gasteiger partial charge in [0.15, 0.2) is 0 Å². The number of methoxy groups -OCH3 is 1. The Morgan fingerprint density at radius 1 is 1.21 bits per heavy atom. The second kappa shape index (κ2) is 4.82. The first kappa shape index (κ1) is 14.4. The van der Waals surface area contributed by atoms with E-state index in [0.29, 0.717) is 16.9 Å². The summed E-state index contributed by atoms with van der Waals surface area (Å²) >= 11 is 0. The summed E-state index contributed by atoms with van der Waals surface area (Å²) in [7, 11) is 1.71. The van der Waals surface area contributed by atoms with Crippen LogP contribution < -0.4 is 10.1 Å². The van der Waals surface area contributed by atoms with Gasteiger partial charge in [0.05, 0.1) is 7.11 Å². The predicted octanol–water partition coefficient (Wildman–Crippen LogP) is 4.03. The molecule has 19 heavy (non-hydrogen) atoms. The van der Waals surface area contributed by atoms with E-state index in [1.54, 1.807) is 7.11 Å². The van der Waals surface area contributed by atoms with Crippen molar-refractivity contribution in [2.24, 2.45) is 16.7 Å². The van der Waals surface area contributed by atoms with Crippen LogP contribution in [0.4, 0.5) is 0 Å². The third kappa shape index (κ3) is 2.51. The zero-order valence-electron chi connectivity index (χ0n) is 13.1. The van der Waals surface area contributed by atoms with Crippen LogP contribution in [0.3, 0.4) is 0 Å². The van der Waals surface area contributed by atoms with E-state index in [1.165, 1.54) is 5.56 Å². The fourth-order valence-corrected chi connectivity index (χ4v) is 3.17. The molecule has 0 aliphatic heterocycles. The molecule has 1 saturated carbocycles. The molecule has 0 spiro atoms. The lowest BCUT2D eigenvalue weighted by Gasteiger charge is -2.16. The van der Waals surface area contributed by atoms with Crippen LogP contribution in [0, 0.1) is 16.7 Å². The highest BCUT2D eigenvalue weighted by atomic mass is 16.5. The monoisotopic (exact) mass is 261 g/mol. The molecule has 0 bridgehead atoms.